The molecule has 0 bridgehead atoms. The van der Waals surface area contributed by atoms with E-state index < -0.39 is 0 Å². The molecule has 0 aromatic heterocycles. The van der Waals surface area contributed by atoms with E-state index in [0.717, 1.165) is 37.2 Å². The SMILES string of the molecule is COC(=O)C[C@@H]1C[C@@H](COC2CCN(c3ccc(C(=N)N)cc3)CC2)NC1=O.Cl. The molecule has 1 amide bonds. The summed E-state index contributed by atoms with van der Waals surface area (Å²) >= 11 is 0. The van der Waals surface area contributed by atoms with Crippen molar-refractivity contribution in [3.8, 4) is 0 Å². The Kier molecular flexibility index (Phi) is 8.28. The second-order valence-electron chi connectivity index (χ2n) is 7.40. The van der Waals surface area contributed by atoms with Crippen molar-refractivity contribution in [3.05, 3.63) is 29.8 Å². The van der Waals surface area contributed by atoms with Crippen molar-refractivity contribution in [2.24, 2.45) is 11.7 Å². The molecule has 2 fully saturated rings. The molecule has 0 spiro atoms. The number of rotatable bonds is 7. The summed E-state index contributed by atoms with van der Waals surface area (Å²) in [5.41, 5.74) is 7.35. The van der Waals surface area contributed by atoms with Crippen molar-refractivity contribution in [3.63, 3.8) is 0 Å². The second kappa shape index (κ2) is 10.5. The van der Waals surface area contributed by atoms with Crippen LogP contribution in [0.3, 0.4) is 0 Å². The monoisotopic (exact) mass is 424 g/mol. The average molecular weight is 425 g/mol. The maximum atomic E-state index is 12.0. The number of ether oxygens (including phenoxy) is 2. The maximum absolute atomic E-state index is 12.0. The van der Waals surface area contributed by atoms with Crippen molar-refractivity contribution in [2.75, 3.05) is 31.7 Å². The highest BCUT2D eigenvalue weighted by Gasteiger charge is 2.34. The number of nitrogens with zero attached hydrogens (tertiary/aromatic N) is 1. The lowest BCUT2D eigenvalue weighted by Crippen LogP contribution is -2.39. The van der Waals surface area contributed by atoms with Crippen molar-refractivity contribution in [1.29, 1.82) is 5.41 Å². The van der Waals surface area contributed by atoms with Gasteiger partial charge in [0.2, 0.25) is 5.91 Å². The van der Waals surface area contributed by atoms with Gasteiger partial charge in [0.05, 0.1) is 38.2 Å². The molecule has 0 saturated carbocycles. The van der Waals surface area contributed by atoms with Gasteiger partial charge in [-0.05, 0) is 43.5 Å². The highest BCUT2D eigenvalue weighted by Crippen LogP contribution is 2.24. The Labute approximate surface area is 177 Å². The van der Waals surface area contributed by atoms with Gasteiger partial charge in [-0.25, -0.2) is 0 Å². The second-order valence-corrected chi connectivity index (χ2v) is 7.40. The first kappa shape index (κ1) is 23.0. The van der Waals surface area contributed by atoms with E-state index in [1.807, 2.05) is 24.3 Å². The number of carbonyl (C=O) groups excluding carboxylic acids is 2. The van der Waals surface area contributed by atoms with Gasteiger partial charge in [0, 0.05) is 24.3 Å². The molecule has 8 nitrogen and oxygen atoms in total. The first-order chi connectivity index (χ1) is 13.5. The predicted molar refractivity (Wildman–Crippen MR) is 113 cm³/mol. The van der Waals surface area contributed by atoms with E-state index in [1.54, 1.807) is 0 Å². The molecule has 2 saturated heterocycles. The minimum atomic E-state index is -0.356. The number of hydrogen-bond acceptors (Lipinski definition) is 6. The molecule has 2 atom stereocenters. The molecule has 2 heterocycles. The Morgan fingerprint density at radius 2 is 1.93 bits per heavy atom. The summed E-state index contributed by atoms with van der Waals surface area (Å²) in [6, 6.07) is 7.68. The van der Waals surface area contributed by atoms with Gasteiger partial charge in [0.15, 0.2) is 0 Å². The van der Waals surface area contributed by atoms with E-state index in [-0.39, 0.29) is 54.6 Å². The molecule has 1 aromatic carbocycles. The summed E-state index contributed by atoms with van der Waals surface area (Å²) in [6.45, 7) is 2.26. The summed E-state index contributed by atoms with van der Waals surface area (Å²) < 4.78 is 10.7. The minimum Gasteiger partial charge on any atom is -0.469 e. The van der Waals surface area contributed by atoms with Crippen LogP contribution in [0.15, 0.2) is 24.3 Å². The first-order valence-electron chi connectivity index (χ1n) is 9.64. The number of nitrogens with two attached hydrogens (primary N) is 1. The van der Waals surface area contributed by atoms with Crippen LogP contribution in [-0.2, 0) is 19.1 Å². The molecule has 0 unspecified atom stereocenters. The number of piperidine rings is 1. The zero-order valence-corrected chi connectivity index (χ0v) is 17.4. The average Bonchev–Trinajstić information content (AvgIpc) is 3.06. The third-order valence-electron chi connectivity index (χ3n) is 5.45. The van der Waals surface area contributed by atoms with Crippen LogP contribution in [0.1, 0.15) is 31.2 Å². The number of hydrogen-bond donors (Lipinski definition) is 3. The van der Waals surface area contributed by atoms with Gasteiger partial charge in [-0.15, -0.1) is 12.4 Å². The summed E-state index contributed by atoms with van der Waals surface area (Å²) in [5.74, 6) is -0.694. The quantitative estimate of drug-likeness (QED) is 0.346. The van der Waals surface area contributed by atoms with E-state index in [1.165, 1.54) is 7.11 Å². The number of amides is 1. The number of esters is 1. The van der Waals surface area contributed by atoms with Gasteiger partial charge < -0.3 is 25.4 Å². The zero-order valence-electron chi connectivity index (χ0n) is 16.6. The van der Waals surface area contributed by atoms with E-state index >= 15 is 0 Å². The van der Waals surface area contributed by atoms with Gasteiger partial charge >= 0.3 is 5.97 Å². The smallest absolute Gasteiger partial charge is 0.306 e. The fourth-order valence-corrected chi connectivity index (χ4v) is 3.78. The number of nitrogens with one attached hydrogen (secondary N) is 2. The molecule has 9 heteroatoms. The van der Waals surface area contributed by atoms with E-state index in [9.17, 15) is 9.59 Å². The Hall–Kier alpha value is -2.32. The van der Waals surface area contributed by atoms with Crippen LogP contribution in [0.4, 0.5) is 5.69 Å². The lowest BCUT2D eigenvalue weighted by atomic mass is 10.0. The Morgan fingerprint density at radius 1 is 1.28 bits per heavy atom. The van der Waals surface area contributed by atoms with Crippen LogP contribution in [0, 0.1) is 11.3 Å². The Bertz CT molecular complexity index is 720. The molecule has 1 aromatic rings. The lowest BCUT2D eigenvalue weighted by Gasteiger charge is -2.34. The van der Waals surface area contributed by atoms with Crippen molar-refractivity contribution < 1.29 is 19.1 Å². The van der Waals surface area contributed by atoms with Crippen LogP contribution in [-0.4, -0.2) is 56.7 Å². The highest BCUT2D eigenvalue weighted by atomic mass is 35.5. The van der Waals surface area contributed by atoms with Crippen molar-refractivity contribution in [2.45, 2.75) is 37.8 Å². The third-order valence-corrected chi connectivity index (χ3v) is 5.45. The maximum Gasteiger partial charge on any atom is 0.306 e. The zero-order chi connectivity index (χ0) is 20.1. The number of halogens is 1. The number of anilines is 1. The third kappa shape index (κ3) is 6.08. The van der Waals surface area contributed by atoms with Crippen LogP contribution in [0.25, 0.3) is 0 Å². The number of nitrogen functional groups attached to an aromatic ring is 1. The number of carbonyl (C=O) groups is 2. The molecule has 29 heavy (non-hydrogen) atoms. The van der Waals surface area contributed by atoms with Gasteiger partial charge in [0.1, 0.15) is 5.84 Å². The summed E-state index contributed by atoms with van der Waals surface area (Å²) in [5, 5.41) is 10.4. The predicted octanol–water partition coefficient (Wildman–Crippen LogP) is 1.45. The lowest BCUT2D eigenvalue weighted by molar-refractivity contribution is -0.143. The molecule has 2 aliphatic rings. The van der Waals surface area contributed by atoms with Crippen LogP contribution in [0.2, 0.25) is 0 Å². The Morgan fingerprint density at radius 3 is 2.52 bits per heavy atom. The molecule has 3 rings (SSSR count). The molecule has 2 aliphatic heterocycles. The normalized spacial score (nSPS) is 22.0. The highest BCUT2D eigenvalue weighted by molar-refractivity contribution is 5.95. The molecule has 0 radical (unpaired) electrons. The number of amidine groups is 1. The van der Waals surface area contributed by atoms with Gasteiger partial charge in [-0.2, -0.15) is 0 Å². The van der Waals surface area contributed by atoms with Crippen LogP contribution in [0.5, 0.6) is 0 Å². The van der Waals surface area contributed by atoms with Gasteiger partial charge in [0.25, 0.3) is 0 Å². The largest absolute Gasteiger partial charge is 0.469 e. The molecule has 0 aliphatic carbocycles. The minimum absolute atomic E-state index is 0. The summed E-state index contributed by atoms with van der Waals surface area (Å²) in [4.78, 5) is 25.6. The van der Waals surface area contributed by atoms with Gasteiger partial charge in [-0.3, -0.25) is 15.0 Å². The summed E-state index contributed by atoms with van der Waals surface area (Å²) in [7, 11) is 1.33. The number of benzene rings is 1. The van der Waals surface area contributed by atoms with Gasteiger partial charge in [-0.1, -0.05) is 0 Å². The standard InChI is InChI=1S/C20H28N4O4.ClH/c1-27-18(25)11-14-10-15(23-20(14)26)12-28-17-6-8-24(9-7-17)16-4-2-13(3-5-16)19(21)22;/h2-5,14-15,17H,6-12H2,1H3,(H3,21,22)(H,23,26);1H/t14-,15-;/m0./s1. The topological polar surface area (TPSA) is 118 Å². The first-order valence-corrected chi connectivity index (χ1v) is 9.64. The van der Waals surface area contributed by atoms with E-state index in [2.05, 4.69) is 15.0 Å². The molecular formula is C20H29ClN4O4. The Balaban J connectivity index is 0.00000300. The molecule has 160 valence electrons. The van der Waals surface area contributed by atoms with E-state index in [0.29, 0.717) is 13.0 Å². The summed E-state index contributed by atoms with van der Waals surface area (Å²) in [6.07, 6.45) is 2.74. The molecule has 4 N–H and O–H groups in total. The fraction of sp³-hybridized carbons (Fsp3) is 0.550. The van der Waals surface area contributed by atoms with E-state index in [4.69, 9.17) is 15.9 Å². The fourth-order valence-electron chi connectivity index (χ4n) is 3.78. The van der Waals surface area contributed by atoms with Crippen LogP contribution >= 0.6 is 12.4 Å². The number of methoxy groups -OCH3 is 1. The van der Waals surface area contributed by atoms with Crippen LogP contribution < -0.4 is 16.0 Å². The van der Waals surface area contributed by atoms with Crippen molar-refractivity contribution in [1.82, 2.24) is 5.32 Å². The van der Waals surface area contributed by atoms with Crippen molar-refractivity contribution >= 4 is 35.8 Å². The molecular weight excluding hydrogens is 396 g/mol.